The van der Waals surface area contributed by atoms with Gasteiger partial charge in [-0.2, -0.15) is 0 Å². The summed E-state index contributed by atoms with van der Waals surface area (Å²) in [6.07, 6.45) is 0.788. The van der Waals surface area contributed by atoms with Gasteiger partial charge in [0.1, 0.15) is 26.4 Å². The number of nitrogens with two attached hydrogens (primary N) is 1. The Morgan fingerprint density at radius 3 is 1.84 bits per heavy atom. The summed E-state index contributed by atoms with van der Waals surface area (Å²) in [6.45, 7) is 3.19. The van der Waals surface area contributed by atoms with E-state index in [9.17, 15) is 14.4 Å². The second-order valence-corrected chi connectivity index (χ2v) is 3.18. The van der Waals surface area contributed by atoms with Crippen LogP contribution in [0, 0.1) is 0 Å². The zero-order valence-corrected chi connectivity index (χ0v) is 10.5. The predicted octanol–water partition coefficient (Wildman–Crippen LogP) is -0.527. The lowest BCUT2D eigenvalue weighted by molar-refractivity contribution is -0.153. The Bertz CT molecular complexity index is 316. The molecule has 0 aliphatic carbocycles. The highest BCUT2D eigenvalue weighted by Crippen LogP contribution is 1.96. The Morgan fingerprint density at radius 1 is 0.895 bits per heavy atom. The van der Waals surface area contributed by atoms with E-state index in [-0.39, 0.29) is 39.3 Å². The number of rotatable bonds is 10. The summed E-state index contributed by atoms with van der Waals surface area (Å²) >= 11 is 0. The van der Waals surface area contributed by atoms with Crippen LogP contribution in [0.25, 0.3) is 0 Å². The zero-order chi connectivity index (χ0) is 14.5. The number of carbonyl (C=O) groups is 3. The highest BCUT2D eigenvalue weighted by atomic mass is 16.6. The minimum absolute atomic E-state index is 0.0296. The third-order valence-corrected chi connectivity index (χ3v) is 1.75. The SMILES string of the molecule is C=CC(=O)OCCOC(=O)CCC(=O)OCCON. The fourth-order valence-electron chi connectivity index (χ4n) is 0.909. The first-order valence-electron chi connectivity index (χ1n) is 5.52. The van der Waals surface area contributed by atoms with Gasteiger partial charge >= 0.3 is 17.9 Å². The first-order chi connectivity index (χ1) is 9.10. The molecule has 0 atom stereocenters. The van der Waals surface area contributed by atoms with E-state index >= 15 is 0 Å². The van der Waals surface area contributed by atoms with Crippen LogP contribution in [-0.2, 0) is 33.4 Å². The first kappa shape index (κ1) is 17.1. The molecule has 0 aromatic heterocycles. The van der Waals surface area contributed by atoms with Crippen LogP contribution in [0.1, 0.15) is 12.8 Å². The second-order valence-electron chi connectivity index (χ2n) is 3.18. The Kier molecular flexibility index (Phi) is 10.0. The lowest BCUT2D eigenvalue weighted by atomic mass is 10.3. The molecule has 108 valence electrons. The van der Waals surface area contributed by atoms with Crippen LogP contribution in [0.4, 0.5) is 0 Å². The maximum Gasteiger partial charge on any atom is 0.330 e. The van der Waals surface area contributed by atoms with Crippen molar-refractivity contribution >= 4 is 17.9 Å². The number of ether oxygens (including phenoxy) is 3. The quantitative estimate of drug-likeness (QED) is 0.186. The van der Waals surface area contributed by atoms with E-state index in [1.54, 1.807) is 0 Å². The number of esters is 3. The molecule has 8 nitrogen and oxygen atoms in total. The van der Waals surface area contributed by atoms with Crippen LogP contribution in [-0.4, -0.2) is 44.3 Å². The average molecular weight is 275 g/mol. The van der Waals surface area contributed by atoms with Crippen molar-refractivity contribution in [1.82, 2.24) is 0 Å². The smallest absolute Gasteiger partial charge is 0.330 e. The minimum Gasteiger partial charge on any atom is -0.463 e. The lowest BCUT2D eigenvalue weighted by Crippen LogP contribution is -2.16. The Morgan fingerprint density at radius 2 is 1.37 bits per heavy atom. The molecular weight excluding hydrogens is 258 g/mol. The van der Waals surface area contributed by atoms with E-state index in [1.165, 1.54) is 0 Å². The van der Waals surface area contributed by atoms with E-state index in [0.717, 1.165) is 6.08 Å². The van der Waals surface area contributed by atoms with E-state index in [2.05, 4.69) is 20.9 Å². The molecule has 0 radical (unpaired) electrons. The molecule has 0 unspecified atom stereocenters. The number of carbonyl (C=O) groups excluding carboxylic acids is 3. The average Bonchev–Trinajstić information content (AvgIpc) is 2.41. The molecule has 8 heteroatoms. The Labute approximate surface area is 110 Å². The first-order valence-corrected chi connectivity index (χ1v) is 5.52. The van der Waals surface area contributed by atoms with Gasteiger partial charge in [-0.05, 0) is 0 Å². The van der Waals surface area contributed by atoms with Crippen LogP contribution in [0.2, 0.25) is 0 Å². The summed E-state index contributed by atoms with van der Waals surface area (Å²) in [5, 5.41) is 0. The molecule has 0 heterocycles. The van der Waals surface area contributed by atoms with Crippen LogP contribution in [0.3, 0.4) is 0 Å². The molecule has 0 fully saturated rings. The van der Waals surface area contributed by atoms with Gasteiger partial charge in [-0.3, -0.25) is 9.59 Å². The Hall–Kier alpha value is -1.93. The molecule has 0 aliphatic rings. The van der Waals surface area contributed by atoms with E-state index < -0.39 is 17.9 Å². The molecular formula is C11H17NO7. The van der Waals surface area contributed by atoms with Crippen molar-refractivity contribution in [2.45, 2.75) is 12.8 Å². The van der Waals surface area contributed by atoms with Crippen molar-refractivity contribution in [3.8, 4) is 0 Å². The molecule has 0 aliphatic heterocycles. The molecule has 0 saturated heterocycles. The molecule has 0 bridgehead atoms. The Balaban J connectivity index is 3.50. The summed E-state index contributed by atoms with van der Waals surface area (Å²) in [5.74, 6) is 3.00. The second kappa shape index (κ2) is 11.2. The summed E-state index contributed by atoms with van der Waals surface area (Å²) in [7, 11) is 0. The molecule has 0 spiro atoms. The topological polar surface area (TPSA) is 114 Å². The molecule has 19 heavy (non-hydrogen) atoms. The van der Waals surface area contributed by atoms with Crippen LogP contribution < -0.4 is 5.90 Å². The van der Waals surface area contributed by atoms with Crippen LogP contribution in [0.15, 0.2) is 12.7 Å². The van der Waals surface area contributed by atoms with E-state index in [4.69, 9.17) is 10.6 Å². The molecule has 2 N–H and O–H groups in total. The maximum absolute atomic E-state index is 11.2. The standard InChI is InChI=1S/C11H17NO7/c1-2-9(13)16-5-6-17-10(14)3-4-11(15)18-7-8-19-12/h2H,1,3-8,12H2. The third kappa shape index (κ3) is 10.9. The highest BCUT2D eigenvalue weighted by molar-refractivity contribution is 5.81. The molecule has 0 saturated carbocycles. The summed E-state index contributed by atoms with van der Waals surface area (Å²) in [6, 6.07) is 0. The van der Waals surface area contributed by atoms with Crippen LogP contribution in [0.5, 0.6) is 0 Å². The molecule has 0 amide bonds. The van der Waals surface area contributed by atoms with Gasteiger partial charge in [0, 0.05) is 6.08 Å². The van der Waals surface area contributed by atoms with Crippen molar-refractivity contribution < 1.29 is 33.4 Å². The summed E-state index contributed by atoms with van der Waals surface area (Å²) in [5.41, 5.74) is 0. The summed E-state index contributed by atoms with van der Waals surface area (Å²) in [4.78, 5) is 37.1. The van der Waals surface area contributed by atoms with Gasteiger partial charge in [0.2, 0.25) is 0 Å². The fourth-order valence-corrected chi connectivity index (χ4v) is 0.909. The van der Waals surface area contributed by atoms with Gasteiger partial charge in [-0.25, -0.2) is 10.7 Å². The molecule has 0 aromatic rings. The van der Waals surface area contributed by atoms with Crippen molar-refractivity contribution in [1.29, 1.82) is 0 Å². The normalized spacial score (nSPS) is 9.53. The van der Waals surface area contributed by atoms with Gasteiger partial charge < -0.3 is 19.0 Å². The van der Waals surface area contributed by atoms with Crippen molar-refractivity contribution in [3.63, 3.8) is 0 Å². The summed E-state index contributed by atoms with van der Waals surface area (Å²) < 4.78 is 14.0. The van der Waals surface area contributed by atoms with Crippen molar-refractivity contribution in [2.24, 2.45) is 5.90 Å². The minimum atomic E-state index is -0.596. The van der Waals surface area contributed by atoms with Gasteiger partial charge in [-0.1, -0.05) is 6.58 Å². The molecule has 0 rings (SSSR count). The van der Waals surface area contributed by atoms with Gasteiger partial charge in [0.15, 0.2) is 0 Å². The monoisotopic (exact) mass is 275 g/mol. The highest BCUT2D eigenvalue weighted by Gasteiger charge is 2.09. The van der Waals surface area contributed by atoms with E-state index in [0.29, 0.717) is 0 Å². The van der Waals surface area contributed by atoms with Crippen molar-refractivity contribution in [2.75, 3.05) is 26.4 Å². The van der Waals surface area contributed by atoms with Crippen LogP contribution >= 0.6 is 0 Å². The fraction of sp³-hybridized carbons (Fsp3) is 0.545. The van der Waals surface area contributed by atoms with Gasteiger partial charge in [0.25, 0.3) is 0 Å². The maximum atomic E-state index is 11.2. The zero-order valence-electron chi connectivity index (χ0n) is 10.5. The van der Waals surface area contributed by atoms with E-state index in [1.807, 2.05) is 0 Å². The van der Waals surface area contributed by atoms with Gasteiger partial charge in [0.05, 0.1) is 12.8 Å². The number of hydrogen-bond acceptors (Lipinski definition) is 8. The molecule has 0 aromatic carbocycles. The third-order valence-electron chi connectivity index (χ3n) is 1.75. The van der Waals surface area contributed by atoms with Gasteiger partial charge in [-0.15, -0.1) is 0 Å². The largest absolute Gasteiger partial charge is 0.463 e. The number of hydrogen-bond donors (Lipinski definition) is 1. The lowest BCUT2D eigenvalue weighted by Gasteiger charge is -2.05. The van der Waals surface area contributed by atoms with Crippen molar-refractivity contribution in [3.05, 3.63) is 12.7 Å². The predicted molar refractivity (Wildman–Crippen MR) is 62.4 cm³/mol.